The maximum absolute atomic E-state index is 12.6. The van der Waals surface area contributed by atoms with Crippen LogP contribution in [0.2, 0.25) is 0 Å². The van der Waals surface area contributed by atoms with Gasteiger partial charge in [0.15, 0.2) is 6.29 Å². The highest BCUT2D eigenvalue weighted by atomic mass is 16.7. The minimum atomic E-state index is -1.51. The number of hydrogen-bond donors (Lipinski definition) is 5. The Morgan fingerprint density at radius 1 is 1.09 bits per heavy atom. The first-order valence-corrected chi connectivity index (χ1v) is 11.1. The molecule has 178 valence electrons. The highest BCUT2D eigenvalue weighted by Gasteiger charge is 2.59. The molecule has 0 aromatic rings. The van der Waals surface area contributed by atoms with Crippen LogP contribution in [0.5, 0.6) is 0 Å². The van der Waals surface area contributed by atoms with Gasteiger partial charge in [-0.2, -0.15) is 0 Å². The van der Waals surface area contributed by atoms with Crippen molar-refractivity contribution in [3.63, 3.8) is 0 Å². The summed E-state index contributed by atoms with van der Waals surface area (Å²) in [7, 11) is 0. The van der Waals surface area contributed by atoms with E-state index in [2.05, 4.69) is 5.32 Å². The van der Waals surface area contributed by atoms with E-state index in [1.807, 2.05) is 12.2 Å². The molecule has 0 aromatic heterocycles. The predicted octanol–water partition coefficient (Wildman–Crippen LogP) is -2.49. The quantitative estimate of drug-likeness (QED) is 0.144. The number of carbonyl (C=O) groups is 3. The number of rotatable bonds is 9. The topological polar surface area (TPSA) is 166 Å². The Bertz CT molecular complexity index is 742. The zero-order valence-electron chi connectivity index (χ0n) is 17.6. The Balaban J connectivity index is 1.13. The van der Waals surface area contributed by atoms with E-state index in [4.69, 9.17) is 14.6 Å². The van der Waals surface area contributed by atoms with Crippen molar-refractivity contribution < 1.29 is 44.3 Å². The number of hydrogen-bond acceptors (Lipinski definition) is 9. The number of likely N-dealkylation sites (tertiary alicyclic amines) is 1. The van der Waals surface area contributed by atoms with Crippen molar-refractivity contribution in [1.82, 2.24) is 10.2 Å². The van der Waals surface area contributed by atoms with Crippen molar-refractivity contribution in [1.29, 1.82) is 0 Å². The summed E-state index contributed by atoms with van der Waals surface area (Å²) in [4.78, 5) is 38.5. The van der Waals surface area contributed by atoms with Gasteiger partial charge in [0.25, 0.3) is 0 Å². The zero-order chi connectivity index (χ0) is 23.0. The van der Waals surface area contributed by atoms with Crippen LogP contribution in [0.15, 0.2) is 12.2 Å². The second kappa shape index (κ2) is 9.54. The Morgan fingerprint density at radius 3 is 2.38 bits per heavy atom. The summed E-state index contributed by atoms with van der Waals surface area (Å²) >= 11 is 0. The molecular formula is C21H30N2O9. The minimum Gasteiger partial charge on any atom is -0.394 e. The van der Waals surface area contributed by atoms with E-state index in [-0.39, 0.29) is 67.5 Å². The number of aliphatic hydroxyl groups is 4. The standard InChI is InChI=1S/C21H30N2O9/c24-9-12-16(26)17(27)18(28)21(32-12)31-7-1-5-22-13(25)4-6-23-19(29)14-10-2-3-11(8-10)15(14)20(23)30/h2-3,10-12,14-18,21,24,26-28H,1,4-9H2,(H,22,25)/t10?,11?,12?,14?,15?,16-,17?,18?,21?/m0/s1. The van der Waals surface area contributed by atoms with Gasteiger partial charge < -0.3 is 35.2 Å². The maximum atomic E-state index is 12.6. The molecule has 9 atom stereocenters. The van der Waals surface area contributed by atoms with Gasteiger partial charge in [0.05, 0.1) is 25.0 Å². The van der Waals surface area contributed by atoms with Crippen LogP contribution in [0.1, 0.15) is 19.3 Å². The highest BCUT2D eigenvalue weighted by molar-refractivity contribution is 6.06. The molecule has 2 aliphatic heterocycles. The monoisotopic (exact) mass is 454 g/mol. The summed E-state index contributed by atoms with van der Waals surface area (Å²) in [6.07, 6.45) is -1.36. The van der Waals surface area contributed by atoms with Gasteiger partial charge in [0.1, 0.15) is 24.4 Å². The Labute approximate surface area is 185 Å². The summed E-state index contributed by atoms with van der Waals surface area (Å²) in [5, 5.41) is 41.2. The molecule has 5 N–H and O–H groups in total. The molecule has 4 rings (SSSR count). The number of aliphatic hydroxyl groups excluding tert-OH is 4. The third-order valence-electron chi connectivity index (χ3n) is 6.90. The second-order valence-electron chi connectivity index (χ2n) is 8.85. The lowest BCUT2D eigenvalue weighted by atomic mass is 9.85. The normalized spacial score (nSPS) is 40.2. The molecule has 32 heavy (non-hydrogen) atoms. The van der Waals surface area contributed by atoms with E-state index in [0.29, 0.717) is 6.42 Å². The van der Waals surface area contributed by atoms with Gasteiger partial charge in [0.2, 0.25) is 17.7 Å². The van der Waals surface area contributed by atoms with Gasteiger partial charge in [-0.25, -0.2) is 0 Å². The lowest BCUT2D eigenvalue weighted by molar-refractivity contribution is -0.301. The van der Waals surface area contributed by atoms with Crippen molar-refractivity contribution in [2.45, 2.75) is 50.0 Å². The molecule has 8 unspecified atom stereocenters. The van der Waals surface area contributed by atoms with Crippen LogP contribution in [0.4, 0.5) is 0 Å². The van der Waals surface area contributed by atoms with Gasteiger partial charge >= 0.3 is 0 Å². The number of fused-ring (bicyclic) bond motifs is 5. The molecule has 0 radical (unpaired) electrons. The van der Waals surface area contributed by atoms with E-state index in [0.717, 1.165) is 6.42 Å². The largest absolute Gasteiger partial charge is 0.394 e. The van der Waals surface area contributed by atoms with Gasteiger partial charge in [0, 0.05) is 19.5 Å². The number of nitrogens with one attached hydrogen (secondary N) is 1. The van der Waals surface area contributed by atoms with Crippen LogP contribution in [-0.2, 0) is 23.9 Å². The van der Waals surface area contributed by atoms with Gasteiger partial charge in [-0.3, -0.25) is 19.3 Å². The average molecular weight is 454 g/mol. The van der Waals surface area contributed by atoms with Crippen molar-refractivity contribution in [3.05, 3.63) is 12.2 Å². The van der Waals surface area contributed by atoms with Gasteiger partial charge in [-0.1, -0.05) is 12.2 Å². The van der Waals surface area contributed by atoms with E-state index >= 15 is 0 Å². The summed E-state index contributed by atoms with van der Waals surface area (Å²) < 4.78 is 10.6. The number of carbonyl (C=O) groups excluding carboxylic acids is 3. The smallest absolute Gasteiger partial charge is 0.233 e. The molecule has 2 aliphatic carbocycles. The molecule has 3 fully saturated rings. The summed E-state index contributed by atoms with van der Waals surface area (Å²) in [6, 6.07) is 0. The van der Waals surface area contributed by atoms with Crippen molar-refractivity contribution >= 4 is 17.7 Å². The molecule has 2 saturated heterocycles. The van der Waals surface area contributed by atoms with Crippen LogP contribution in [-0.4, -0.2) is 100 Å². The third-order valence-corrected chi connectivity index (χ3v) is 6.90. The molecule has 4 aliphatic rings. The third kappa shape index (κ3) is 4.20. The molecule has 1 saturated carbocycles. The Hall–Kier alpha value is -1.89. The lowest BCUT2D eigenvalue weighted by Crippen LogP contribution is -2.59. The van der Waals surface area contributed by atoms with E-state index < -0.39 is 37.3 Å². The van der Waals surface area contributed by atoms with Crippen LogP contribution in [0, 0.1) is 23.7 Å². The average Bonchev–Trinajstić information content (AvgIpc) is 3.46. The summed E-state index contributed by atoms with van der Waals surface area (Å²) in [6.45, 7) is -0.123. The second-order valence-corrected chi connectivity index (χ2v) is 8.85. The molecule has 2 heterocycles. The summed E-state index contributed by atoms with van der Waals surface area (Å²) in [5.41, 5.74) is 0. The van der Waals surface area contributed by atoms with E-state index in [1.165, 1.54) is 4.90 Å². The van der Waals surface area contributed by atoms with Crippen LogP contribution >= 0.6 is 0 Å². The minimum absolute atomic E-state index is 0.0211. The first kappa shape index (κ1) is 23.3. The number of amides is 3. The number of allylic oxidation sites excluding steroid dienone is 2. The van der Waals surface area contributed by atoms with Crippen molar-refractivity contribution in [2.24, 2.45) is 23.7 Å². The first-order chi connectivity index (χ1) is 15.3. The zero-order valence-corrected chi connectivity index (χ0v) is 17.6. The summed E-state index contributed by atoms with van der Waals surface area (Å²) in [5.74, 6) is -0.875. The molecule has 11 nitrogen and oxygen atoms in total. The Kier molecular flexibility index (Phi) is 6.94. The molecule has 3 amide bonds. The van der Waals surface area contributed by atoms with E-state index in [1.54, 1.807) is 0 Å². The number of imide groups is 1. The van der Waals surface area contributed by atoms with Crippen LogP contribution < -0.4 is 5.32 Å². The van der Waals surface area contributed by atoms with Crippen LogP contribution in [0.3, 0.4) is 0 Å². The van der Waals surface area contributed by atoms with Crippen molar-refractivity contribution in [3.8, 4) is 0 Å². The molecule has 2 bridgehead atoms. The fraction of sp³-hybridized carbons (Fsp3) is 0.762. The van der Waals surface area contributed by atoms with E-state index in [9.17, 15) is 29.7 Å². The van der Waals surface area contributed by atoms with Crippen LogP contribution in [0.25, 0.3) is 0 Å². The van der Waals surface area contributed by atoms with Crippen molar-refractivity contribution in [2.75, 3.05) is 26.3 Å². The fourth-order valence-electron chi connectivity index (χ4n) is 5.19. The number of nitrogens with zero attached hydrogens (tertiary/aromatic N) is 1. The van der Waals surface area contributed by atoms with Gasteiger partial charge in [-0.05, 0) is 24.7 Å². The van der Waals surface area contributed by atoms with Gasteiger partial charge in [-0.15, -0.1) is 0 Å². The molecular weight excluding hydrogens is 424 g/mol. The first-order valence-electron chi connectivity index (χ1n) is 11.1. The molecule has 0 aromatic carbocycles. The molecule has 0 spiro atoms. The SMILES string of the molecule is O=C(CCN1C(=O)C2C3C=CC(C3)C2C1=O)NCCCOC1OC(CO)[C@H](O)C(O)C1O. The predicted molar refractivity (Wildman–Crippen MR) is 106 cm³/mol. The fourth-order valence-corrected chi connectivity index (χ4v) is 5.19. The Morgan fingerprint density at radius 2 is 1.75 bits per heavy atom. The highest BCUT2D eigenvalue weighted by Crippen LogP contribution is 2.52. The lowest BCUT2D eigenvalue weighted by Gasteiger charge is -2.39. The maximum Gasteiger partial charge on any atom is 0.233 e. The molecule has 11 heteroatoms. The number of ether oxygens (including phenoxy) is 2.